The van der Waals surface area contributed by atoms with Crippen molar-refractivity contribution in [1.29, 1.82) is 0 Å². The Balaban J connectivity index is 0. The fraction of sp³-hybridized carbons (Fsp3) is 0.375. The van der Waals surface area contributed by atoms with E-state index in [1.165, 1.54) is 12.4 Å². The van der Waals surface area contributed by atoms with Crippen LogP contribution in [0.3, 0.4) is 0 Å². The Labute approximate surface area is 141 Å². The van der Waals surface area contributed by atoms with E-state index in [4.69, 9.17) is 23.2 Å². The fourth-order valence-corrected chi connectivity index (χ4v) is 1.23. The quantitative estimate of drug-likeness (QED) is 0.512. The Kier molecular flexibility index (Phi) is 14.0. The molecule has 2 rings (SSSR count). The number of hydrogen-bond donors (Lipinski definition) is 0. The third-order valence-electron chi connectivity index (χ3n) is 2.05. The molecule has 2 aromatic rings. The van der Waals surface area contributed by atoms with Gasteiger partial charge >= 0.3 is 0 Å². The van der Waals surface area contributed by atoms with Crippen LogP contribution in [0, 0.1) is 25.6 Å². The van der Waals surface area contributed by atoms with E-state index in [9.17, 15) is 8.78 Å². The highest BCUT2D eigenvalue weighted by molar-refractivity contribution is 6.31. The molecule has 0 saturated carbocycles. The van der Waals surface area contributed by atoms with E-state index in [0.717, 1.165) is 6.20 Å². The molecule has 0 saturated heterocycles. The monoisotopic (exact) mass is 350 g/mol. The minimum atomic E-state index is -0.600. The maximum absolute atomic E-state index is 12.4. The summed E-state index contributed by atoms with van der Waals surface area (Å²) in [5, 5.41) is 0.266. The van der Waals surface area contributed by atoms with Gasteiger partial charge in [-0.3, -0.25) is 4.98 Å². The smallest absolute Gasteiger partial charge is 0.231 e. The number of hydrogen-bond acceptors (Lipinski definition) is 2. The van der Waals surface area contributed by atoms with E-state index in [1.807, 2.05) is 27.7 Å². The first-order chi connectivity index (χ1) is 10.4. The van der Waals surface area contributed by atoms with Gasteiger partial charge in [0.05, 0.1) is 16.2 Å². The van der Waals surface area contributed by atoms with Gasteiger partial charge in [-0.05, 0) is 31.0 Å². The molecule has 0 aliphatic heterocycles. The molecular formula is C16H22Cl2F2N2. The van der Waals surface area contributed by atoms with Gasteiger partial charge in [-0.25, -0.2) is 9.37 Å². The van der Waals surface area contributed by atoms with Gasteiger partial charge in [0, 0.05) is 12.4 Å². The normalized spacial score (nSPS) is 8.45. The molecule has 0 amide bonds. The van der Waals surface area contributed by atoms with Gasteiger partial charge in [0.1, 0.15) is 0 Å². The van der Waals surface area contributed by atoms with Crippen LogP contribution in [0.25, 0.3) is 0 Å². The lowest BCUT2D eigenvalue weighted by Gasteiger charge is -1.94. The van der Waals surface area contributed by atoms with Crippen LogP contribution < -0.4 is 0 Å². The van der Waals surface area contributed by atoms with Crippen LogP contribution in [0.5, 0.6) is 0 Å². The van der Waals surface area contributed by atoms with E-state index in [2.05, 4.69) is 9.97 Å². The second-order valence-corrected chi connectivity index (χ2v) is 4.24. The summed E-state index contributed by atoms with van der Waals surface area (Å²) in [6.07, 6.45) is 4.00. The SMILES string of the molecule is CC.CC.Cc1ccnc(F)c1Cl.Cc1cncc(F)c1Cl. The van der Waals surface area contributed by atoms with Crippen molar-refractivity contribution in [2.75, 3.05) is 0 Å². The Morgan fingerprint density at radius 3 is 1.77 bits per heavy atom. The van der Waals surface area contributed by atoms with Crippen LogP contribution in [0.4, 0.5) is 8.78 Å². The van der Waals surface area contributed by atoms with E-state index >= 15 is 0 Å². The van der Waals surface area contributed by atoms with Crippen molar-refractivity contribution in [2.24, 2.45) is 0 Å². The molecule has 0 aliphatic carbocycles. The summed E-state index contributed by atoms with van der Waals surface area (Å²) < 4.78 is 24.7. The van der Waals surface area contributed by atoms with Gasteiger partial charge in [-0.2, -0.15) is 4.39 Å². The zero-order valence-electron chi connectivity index (χ0n) is 13.7. The lowest BCUT2D eigenvalue weighted by atomic mass is 10.3. The van der Waals surface area contributed by atoms with Crippen molar-refractivity contribution < 1.29 is 8.78 Å². The molecule has 22 heavy (non-hydrogen) atoms. The van der Waals surface area contributed by atoms with Crippen molar-refractivity contribution in [3.8, 4) is 0 Å². The molecule has 2 heterocycles. The van der Waals surface area contributed by atoms with Crippen molar-refractivity contribution in [3.63, 3.8) is 0 Å². The van der Waals surface area contributed by atoms with Gasteiger partial charge in [0.15, 0.2) is 5.82 Å². The molecule has 0 N–H and O–H groups in total. The van der Waals surface area contributed by atoms with Crippen LogP contribution in [-0.4, -0.2) is 9.97 Å². The molecule has 6 heteroatoms. The largest absolute Gasteiger partial charge is 0.261 e. The van der Waals surface area contributed by atoms with Crippen LogP contribution >= 0.6 is 23.2 Å². The summed E-state index contributed by atoms with van der Waals surface area (Å²) in [7, 11) is 0. The molecule has 0 aromatic carbocycles. The molecular weight excluding hydrogens is 329 g/mol. The lowest BCUT2D eigenvalue weighted by molar-refractivity contribution is 0.583. The van der Waals surface area contributed by atoms with Gasteiger partial charge in [-0.1, -0.05) is 50.9 Å². The minimum absolute atomic E-state index is 0.109. The second kappa shape index (κ2) is 13.4. The standard InChI is InChI=1S/2C6H5ClFN.2C2H6/c1-4-2-9-3-5(8)6(4)7;1-4-2-3-9-6(8)5(4)7;2*1-2/h2*2-3H,1H3;2*1-2H3. The van der Waals surface area contributed by atoms with E-state index in [-0.39, 0.29) is 10.0 Å². The van der Waals surface area contributed by atoms with Crippen molar-refractivity contribution in [1.82, 2.24) is 9.97 Å². The maximum Gasteiger partial charge on any atom is 0.231 e. The van der Waals surface area contributed by atoms with E-state index in [1.54, 1.807) is 19.9 Å². The highest BCUT2D eigenvalue weighted by Crippen LogP contribution is 2.16. The number of halogens is 4. The first-order valence-corrected chi connectivity index (χ1v) is 7.71. The maximum atomic E-state index is 12.4. The number of pyridine rings is 2. The Morgan fingerprint density at radius 2 is 1.41 bits per heavy atom. The molecule has 2 nitrogen and oxygen atoms in total. The van der Waals surface area contributed by atoms with Crippen molar-refractivity contribution >= 4 is 23.2 Å². The first-order valence-electron chi connectivity index (χ1n) is 6.95. The average molecular weight is 351 g/mol. The second-order valence-electron chi connectivity index (χ2n) is 3.48. The predicted octanol–water partition coefficient (Wildman–Crippen LogP) is 6.42. The molecule has 0 atom stereocenters. The molecule has 0 spiro atoms. The third kappa shape index (κ3) is 8.25. The van der Waals surface area contributed by atoms with E-state index in [0.29, 0.717) is 11.1 Å². The predicted molar refractivity (Wildman–Crippen MR) is 90.6 cm³/mol. The zero-order chi connectivity index (χ0) is 17.7. The zero-order valence-corrected chi connectivity index (χ0v) is 15.2. The van der Waals surface area contributed by atoms with Crippen LogP contribution in [0.15, 0.2) is 24.7 Å². The lowest BCUT2D eigenvalue weighted by Crippen LogP contribution is -1.84. The van der Waals surface area contributed by atoms with Crippen molar-refractivity contribution in [3.05, 3.63) is 57.6 Å². The molecule has 0 radical (unpaired) electrons. The van der Waals surface area contributed by atoms with Crippen LogP contribution in [0.1, 0.15) is 38.8 Å². The number of aromatic nitrogens is 2. The molecule has 2 aromatic heterocycles. The molecule has 0 fully saturated rings. The van der Waals surface area contributed by atoms with Gasteiger partial charge in [0.2, 0.25) is 5.95 Å². The average Bonchev–Trinajstić information content (AvgIpc) is 2.55. The summed E-state index contributed by atoms with van der Waals surface area (Å²) in [4.78, 5) is 6.93. The number of aryl methyl sites for hydroxylation is 2. The summed E-state index contributed by atoms with van der Waals surface area (Å²) in [6.45, 7) is 11.4. The van der Waals surface area contributed by atoms with Gasteiger partial charge in [0.25, 0.3) is 0 Å². The first kappa shape index (κ1) is 23.0. The van der Waals surface area contributed by atoms with Gasteiger partial charge in [-0.15, -0.1) is 0 Å². The van der Waals surface area contributed by atoms with Crippen LogP contribution in [-0.2, 0) is 0 Å². The number of nitrogens with zero attached hydrogens (tertiary/aromatic N) is 2. The summed E-state index contributed by atoms with van der Waals surface area (Å²) in [5.41, 5.74) is 1.38. The van der Waals surface area contributed by atoms with E-state index < -0.39 is 11.8 Å². The Bertz CT molecular complexity index is 460. The Morgan fingerprint density at radius 1 is 0.864 bits per heavy atom. The summed E-state index contributed by atoms with van der Waals surface area (Å²) in [6, 6.07) is 1.66. The molecule has 0 bridgehead atoms. The van der Waals surface area contributed by atoms with Crippen LogP contribution in [0.2, 0.25) is 10.0 Å². The topological polar surface area (TPSA) is 25.8 Å². The van der Waals surface area contributed by atoms with Gasteiger partial charge < -0.3 is 0 Å². The third-order valence-corrected chi connectivity index (χ3v) is 2.98. The summed E-state index contributed by atoms with van der Waals surface area (Å²) in [5.74, 6) is -1.06. The minimum Gasteiger partial charge on any atom is -0.261 e. The van der Waals surface area contributed by atoms with Crippen molar-refractivity contribution in [2.45, 2.75) is 41.5 Å². The fourth-order valence-electron chi connectivity index (χ4n) is 1.02. The molecule has 0 unspecified atom stereocenters. The highest BCUT2D eigenvalue weighted by Gasteiger charge is 2.00. The summed E-state index contributed by atoms with van der Waals surface area (Å²) >= 11 is 10.9. The molecule has 0 aliphatic rings. The Hall–Kier alpha value is -1.26. The highest BCUT2D eigenvalue weighted by atomic mass is 35.5. The molecule has 124 valence electrons. The number of rotatable bonds is 0.